The van der Waals surface area contributed by atoms with Crippen LogP contribution in [0.25, 0.3) is 0 Å². The first-order valence-electron chi connectivity index (χ1n) is 5.90. The molecule has 0 aliphatic rings. The minimum Gasteiger partial charge on any atom is -0.491 e. The van der Waals surface area contributed by atoms with Crippen molar-refractivity contribution in [2.24, 2.45) is 0 Å². The van der Waals surface area contributed by atoms with E-state index < -0.39 is 0 Å². The summed E-state index contributed by atoms with van der Waals surface area (Å²) in [5, 5.41) is 3.94. The number of hydrogen-bond acceptors (Lipinski definition) is 3. The van der Waals surface area contributed by atoms with Gasteiger partial charge >= 0.3 is 0 Å². The smallest absolute Gasteiger partial charge is 0.137 e. The second-order valence-corrected chi connectivity index (χ2v) is 4.60. The molecule has 0 atom stereocenters. The Labute approximate surface area is 109 Å². The van der Waals surface area contributed by atoms with E-state index in [-0.39, 0.29) is 0 Å². The zero-order valence-electron chi connectivity index (χ0n) is 10.8. The van der Waals surface area contributed by atoms with Gasteiger partial charge < -0.3 is 15.0 Å². The summed E-state index contributed by atoms with van der Waals surface area (Å²) < 4.78 is 5.61. The molecule has 0 bridgehead atoms. The molecular formula is C13H21ClN2O. The van der Waals surface area contributed by atoms with Crippen LogP contribution in [0.3, 0.4) is 0 Å². The number of benzene rings is 1. The van der Waals surface area contributed by atoms with E-state index in [9.17, 15) is 0 Å². The monoisotopic (exact) mass is 256 g/mol. The third-order valence-corrected chi connectivity index (χ3v) is 2.67. The highest BCUT2D eigenvalue weighted by molar-refractivity contribution is 6.32. The Hall–Kier alpha value is -0.770. The average molecular weight is 257 g/mol. The van der Waals surface area contributed by atoms with E-state index >= 15 is 0 Å². The maximum Gasteiger partial charge on any atom is 0.137 e. The van der Waals surface area contributed by atoms with Crippen molar-refractivity contribution in [2.45, 2.75) is 13.5 Å². The van der Waals surface area contributed by atoms with Gasteiger partial charge in [0.1, 0.15) is 12.4 Å². The van der Waals surface area contributed by atoms with Gasteiger partial charge in [0.05, 0.1) is 5.02 Å². The van der Waals surface area contributed by atoms with Crippen LogP contribution >= 0.6 is 11.6 Å². The zero-order valence-corrected chi connectivity index (χ0v) is 11.5. The molecule has 0 fully saturated rings. The van der Waals surface area contributed by atoms with Crippen LogP contribution in [0.2, 0.25) is 5.02 Å². The quantitative estimate of drug-likeness (QED) is 0.811. The molecule has 0 aromatic heterocycles. The van der Waals surface area contributed by atoms with Crippen molar-refractivity contribution in [3.05, 3.63) is 28.8 Å². The molecule has 0 saturated carbocycles. The summed E-state index contributed by atoms with van der Waals surface area (Å²) in [7, 11) is 4.04. The van der Waals surface area contributed by atoms with Gasteiger partial charge in [-0.05, 0) is 38.3 Å². The fourth-order valence-corrected chi connectivity index (χ4v) is 1.64. The zero-order chi connectivity index (χ0) is 12.7. The Balaban J connectivity index is 2.50. The molecule has 1 N–H and O–H groups in total. The Morgan fingerprint density at radius 2 is 2.12 bits per heavy atom. The predicted molar refractivity (Wildman–Crippen MR) is 72.9 cm³/mol. The van der Waals surface area contributed by atoms with Gasteiger partial charge in [-0.15, -0.1) is 0 Å². The number of halogens is 1. The second kappa shape index (κ2) is 7.54. The van der Waals surface area contributed by atoms with Crippen LogP contribution in [0.4, 0.5) is 0 Å². The highest BCUT2D eigenvalue weighted by Gasteiger charge is 2.03. The van der Waals surface area contributed by atoms with Crippen molar-refractivity contribution >= 4 is 11.6 Å². The van der Waals surface area contributed by atoms with Crippen LogP contribution in [0, 0.1) is 0 Å². The molecule has 0 spiro atoms. The maximum absolute atomic E-state index is 6.16. The van der Waals surface area contributed by atoms with Crippen LogP contribution < -0.4 is 10.1 Å². The third-order valence-electron chi connectivity index (χ3n) is 2.37. The largest absolute Gasteiger partial charge is 0.491 e. The molecule has 0 aliphatic carbocycles. The summed E-state index contributed by atoms with van der Waals surface area (Å²) in [6.07, 6.45) is 0. The molecule has 0 aliphatic heterocycles. The lowest BCUT2D eigenvalue weighted by Crippen LogP contribution is -2.19. The predicted octanol–water partition coefficient (Wildman–Crippen LogP) is 2.39. The van der Waals surface area contributed by atoms with E-state index in [2.05, 4.69) is 17.1 Å². The number of likely N-dealkylation sites (N-methyl/N-ethyl adjacent to an activating group) is 1. The number of ether oxygens (including phenoxy) is 1. The molecule has 0 saturated heterocycles. The average Bonchev–Trinajstić information content (AvgIpc) is 2.28. The van der Waals surface area contributed by atoms with Crippen LogP contribution in [0.5, 0.6) is 5.75 Å². The molecule has 1 aromatic rings. The minimum atomic E-state index is 0.652. The Morgan fingerprint density at radius 1 is 1.35 bits per heavy atom. The molecule has 0 radical (unpaired) electrons. The van der Waals surface area contributed by atoms with E-state index in [1.54, 1.807) is 0 Å². The van der Waals surface area contributed by atoms with Crippen molar-refractivity contribution in [2.75, 3.05) is 33.8 Å². The standard InChI is InChI=1S/C13H21ClN2O/c1-4-15-10-11-5-6-13(12(14)9-11)17-8-7-16(2)3/h5-6,9,15H,4,7-8,10H2,1-3H3. The van der Waals surface area contributed by atoms with Crippen LogP contribution in [-0.2, 0) is 6.54 Å². The van der Waals surface area contributed by atoms with Crippen molar-refractivity contribution in [3.8, 4) is 5.75 Å². The molecule has 1 rings (SSSR count). The van der Waals surface area contributed by atoms with Crippen molar-refractivity contribution in [1.82, 2.24) is 10.2 Å². The van der Waals surface area contributed by atoms with E-state index in [0.717, 1.165) is 25.4 Å². The topological polar surface area (TPSA) is 24.5 Å². The number of nitrogens with one attached hydrogen (secondary N) is 1. The second-order valence-electron chi connectivity index (χ2n) is 4.20. The van der Waals surface area contributed by atoms with Crippen molar-refractivity contribution in [3.63, 3.8) is 0 Å². The van der Waals surface area contributed by atoms with Crippen LogP contribution in [0.1, 0.15) is 12.5 Å². The highest BCUT2D eigenvalue weighted by Crippen LogP contribution is 2.25. The molecule has 0 heterocycles. The molecule has 1 aromatic carbocycles. The molecule has 96 valence electrons. The van der Waals surface area contributed by atoms with Gasteiger partial charge in [0.2, 0.25) is 0 Å². The van der Waals surface area contributed by atoms with E-state index in [1.165, 1.54) is 5.56 Å². The van der Waals surface area contributed by atoms with Crippen molar-refractivity contribution in [1.29, 1.82) is 0 Å². The molecular weight excluding hydrogens is 236 g/mol. The van der Waals surface area contributed by atoms with Gasteiger partial charge in [-0.2, -0.15) is 0 Å². The fourth-order valence-electron chi connectivity index (χ4n) is 1.38. The van der Waals surface area contributed by atoms with Gasteiger partial charge in [0.25, 0.3) is 0 Å². The summed E-state index contributed by atoms with van der Waals surface area (Å²) in [5.41, 5.74) is 1.18. The lowest BCUT2D eigenvalue weighted by atomic mass is 10.2. The lowest BCUT2D eigenvalue weighted by molar-refractivity contribution is 0.261. The van der Waals surface area contributed by atoms with Gasteiger partial charge in [-0.25, -0.2) is 0 Å². The maximum atomic E-state index is 6.16. The minimum absolute atomic E-state index is 0.652. The summed E-state index contributed by atoms with van der Waals surface area (Å²) in [5.74, 6) is 0.758. The molecule has 4 heteroatoms. The first-order chi connectivity index (χ1) is 8.13. The van der Waals surface area contributed by atoms with Crippen LogP contribution in [-0.4, -0.2) is 38.7 Å². The molecule has 3 nitrogen and oxygen atoms in total. The summed E-state index contributed by atoms with van der Waals surface area (Å²) in [6.45, 7) is 5.42. The lowest BCUT2D eigenvalue weighted by Gasteiger charge is -2.12. The van der Waals surface area contributed by atoms with E-state index in [4.69, 9.17) is 16.3 Å². The van der Waals surface area contributed by atoms with Gasteiger partial charge in [-0.3, -0.25) is 0 Å². The van der Waals surface area contributed by atoms with Gasteiger partial charge in [0, 0.05) is 13.1 Å². The first-order valence-corrected chi connectivity index (χ1v) is 6.28. The number of nitrogens with zero attached hydrogens (tertiary/aromatic N) is 1. The van der Waals surface area contributed by atoms with E-state index in [0.29, 0.717) is 11.6 Å². The SMILES string of the molecule is CCNCc1ccc(OCCN(C)C)c(Cl)c1. The Morgan fingerprint density at radius 3 is 2.71 bits per heavy atom. The van der Waals surface area contributed by atoms with Gasteiger partial charge in [-0.1, -0.05) is 24.6 Å². The first kappa shape index (κ1) is 14.3. The summed E-state index contributed by atoms with van der Waals surface area (Å²) >= 11 is 6.16. The number of hydrogen-bond donors (Lipinski definition) is 1. The van der Waals surface area contributed by atoms with Crippen molar-refractivity contribution < 1.29 is 4.74 Å². The van der Waals surface area contributed by atoms with Crippen LogP contribution in [0.15, 0.2) is 18.2 Å². The molecule has 0 amide bonds. The normalized spacial score (nSPS) is 10.9. The molecule has 17 heavy (non-hydrogen) atoms. The Kier molecular flexibility index (Phi) is 6.34. The third kappa shape index (κ3) is 5.39. The number of rotatable bonds is 7. The highest BCUT2D eigenvalue weighted by atomic mass is 35.5. The molecule has 0 unspecified atom stereocenters. The van der Waals surface area contributed by atoms with E-state index in [1.807, 2.05) is 32.3 Å². The fraction of sp³-hybridized carbons (Fsp3) is 0.538. The Bertz CT molecular complexity index is 342. The van der Waals surface area contributed by atoms with Gasteiger partial charge in [0.15, 0.2) is 0 Å². The summed E-state index contributed by atoms with van der Waals surface area (Å²) in [6, 6.07) is 5.93. The summed E-state index contributed by atoms with van der Waals surface area (Å²) in [4.78, 5) is 2.08.